The Balaban J connectivity index is 1.86. The monoisotopic (exact) mass is 390 g/mol. The lowest BCUT2D eigenvalue weighted by molar-refractivity contribution is 0.477. The Morgan fingerprint density at radius 1 is 1.04 bits per heavy atom. The van der Waals surface area contributed by atoms with E-state index in [-0.39, 0.29) is 5.75 Å². The molecule has 0 aliphatic heterocycles. The fourth-order valence-electron chi connectivity index (χ4n) is 3.14. The quantitative estimate of drug-likeness (QED) is 0.531. The molecule has 2 aromatic carbocycles. The minimum absolute atomic E-state index is 0.137. The Kier molecular flexibility index (Phi) is 4.84. The topological polar surface area (TPSA) is 62.1 Å². The van der Waals surface area contributed by atoms with E-state index in [2.05, 4.69) is 9.97 Å². The van der Waals surface area contributed by atoms with Crippen LogP contribution in [-0.4, -0.2) is 27.1 Å². The number of anilines is 1. The summed E-state index contributed by atoms with van der Waals surface area (Å²) in [5.41, 5.74) is 3.40. The fourth-order valence-corrected chi connectivity index (χ4v) is 3.31. The number of aryl methyl sites for hydroxylation is 1. The van der Waals surface area contributed by atoms with Crippen molar-refractivity contribution in [1.29, 1.82) is 0 Å². The van der Waals surface area contributed by atoms with Gasteiger partial charge in [-0.2, -0.15) is 0 Å². The first kappa shape index (κ1) is 18.2. The third-order valence-electron chi connectivity index (χ3n) is 4.65. The van der Waals surface area contributed by atoms with Gasteiger partial charge in [0.2, 0.25) is 0 Å². The molecule has 0 aliphatic carbocycles. The van der Waals surface area contributed by atoms with Gasteiger partial charge in [-0.05, 0) is 48.9 Å². The first-order chi connectivity index (χ1) is 13.5. The first-order valence-corrected chi connectivity index (χ1v) is 9.28. The first-order valence-electron chi connectivity index (χ1n) is 8.90. The van der Waals surface area contributed by atoms with Crippen LogP contribution in [0.25, 0.3) is 22.3 Å². The molecule has 0 amide bonds. The smallest absolute Gasteiger partial charge is 0.165 e. The molecule has 0 fully saturated rings. The Hall–Kier alpha value is -3.18. The molecule has 0 atom stereocenters. The summed E-state index contributed by atoms with van der Waals surface area (Å²) in [6.07, 6.45) is 1.79. The average molecular weight is 391 g/mol. The molecule has 0 unspecified atom stereocenters. The summed E-state index contributed by atoms with van der Waals surface area (Å²) < 4.78 is 0. The number of aromatic nitrogens is 3. The SMILES string of the molecule is Cc1cccnc1CN(C)c1nc(-c2ccccc2O)nc2cc(Cl)ccc12. The van der Waals surface area contributed by atoms with Crippen molar-refractivity contribution in [3.05, 3.63) is 77.1 Å². The largest absolute Gasteiger partial charge is 0.507 e. The van der Waals surface area contributed by atoms with Crippen LogP contribution in [0.2, 0.25) is 5.02 Å². The van der Waals surface area contributed by atoms with Crippen LogP contribution in [0, 0.1) is 6.92 Å². The number of halogens is 1. The molecule has 1 N–H and O–H groups in total. The number of hydrogen-bond acceptors (Lipinski definition) is 5. The second kappa shape index (κ2) is 7.44. The molecule has 6 heteroatoms. The van der Waals surface area contributed by atoms with E-state index in [0.29, 0.717) is 23.0 Å². The third-order valence-corrected chi connectivity index (χ3v) is 4.89. The summed E-state index contributed by atoms with van der Waals surface area (Å²) in [4.78, 5) is 15.9. The number of phenolic OH excluding ortho intramolecular Hbond substituents is 1. The van der Waals surface area contributed by atoms with Gasteiger partial charge in [-0.15, -0.1) is 0 Å². The minimum Gasteiger partial charge on any atom is -0.507 e. The molecule has 0 spiro atoms. The van der Waals surface area contributed by atoms with Crippen LogP contribution in [-0.2, 0) is 6.54 Å². The number of para-hydroxylation sites is 1. The van der Waals surface area contributed by atoms with Crippen molar-refractivity contribution < 1.29 is 5.11 Å². The van der Waals surface area contributed by atoms with Crippen LogP contribution in [0.15, 0.2) is 60.8 Å². The lowest BCUT2D eigenvalue weighted by atomic mass is 10.1. The summed E-state index contributed by atoms with van der Waals surface area (Å²) >= 11 is 6.20. The number of nitrogens with zero attached hydrogens (tertiary/aromatic N) is 4. The highest BCUT2D eigenvalue weighted by molar-refractivity contribution is 6.31. The van der Waals surface area contributed by atoms with E-state index in [0.717, 1.165) is 28.0 Å². The van der Waals surface area contributed by atoms with Crippen molar-refractivity contribution >= 4 is 28.3 Å². The van der Waals surface area contributed by atoms with E-state index in [9.17, 15) is 5.11 Å². The van der Waals surface area contributed by atoms with E-state index >= 15 is 0 Å². The summed E-state index contributed by atoms with van der Waals surface area (Å²) in [6.45, 7) is 2.64. The van der Waals surface area contributed by atoms with Crippen LogP contribution >= 0.6 is 11.6 Å². The van der Waals surface area contributed by atoms with Gasteiger partial charge < -0.3 is 10.0 Å². The van der Waals surface area contributed by atoms with Gasteiger partial charge in [0.25, 0.3) is 0 Å². The van der Waals surface area contributed by atoms with Gasteiger partial charge in [0.1, 0.15) is 11.6 Å². The number of benzene rings is 2. The molecule has 0 saturated heterocycles. The molecule has 2 aromatic heterocycles. The van der Waals surface area contributed by atoms with Crippen LogP contribution in [0.5, 0.6) is 5.75 Å². The number of rotatable bonds is 4. The zero-order valence-corrected chi connectivity index (χ0v) is 16.4. The van der Waals surface area contributed by atoms with Crippen molar-refractivity contribution in [2.24, 2.45) is 0 Å². The Morgan fingerprint density at radius 3 is 2.64 bits per heavy atom. The minimum atomic E-state index is 0.137. The average Bonchev–Trinajstić information content (AvgIpc) is 2.69. The zero-order valence-electron chi connectivity index (χ0n) is 15.6. The normalized spacial score (nSPS) is 11.0. The second-order valence-corrected chi connectivity index (χ2v) is 7.11. The predicted octanol–water partition coefficient (Wildman–Crippen LogP) is 5.00. The highest BCUT2D eigenvalue weighted by Crippen LogP contribution is 2.32. The van der Waals surface area contributed by atoms with Gasteiger partial charge in [-0.25, -0.2) is 9.97 Å². The molecule has 4 aromatic rings. The van der Waals surface area contributed by atoms with Crippen LogP contribution in [0.4, 0.5) is 5.82 Å². The Labute approximate surface area is 168 Å². The molecule has 0 aliphatic rings. The molecule has 0 radical (unpaired) electrons. The van der Waals surface area contributed by atoms with Crippen molar-refractivity contribution in [3.63, 3.8) is 0 Å². The third kappa shape index (κ3) is 3.49. The number of fused-ring (bicyclic) bond motifs is 1. The highest BCUT2D eigenvalue weighted by Gasteiger charge is 2.16. The van der Waals surface area contributed by atoms with Crippen LogP contribution in [0.1, 0.15) is 11.3 Å². The number of phenols is 1. The summed E-state index contributed by atoms with van der Waals surface area (Å²) in [5.74, 6) is 1.34. The summed E-state index contributed by atoms with van der Waals surface area (Å²) in [6, 6.07) is 16.6. The van der Waals surface area contributed by atoms with Crippen molar-refractivity contribution in [3.8, 4) is 17.1 Å². The van der Waals surface area contributed by atoms with E-state index in [1.165, 1.54) is 0 Å². The zero-order chi connectivity index (χ0) is 19.7. The number of hydrogen-bond donors (Lipinski definition) is 1. The van der Waals surface area contributed by atoms with Crippen LogP contribution in [0.3, 0.4) is 0 Å². The molecule has 2 heterocycles. The Bertz CT molecular complexity index is 1160. The molecule has 5 nitrogen and oxygen atoms in total. The van der Waals surface area contributed by atoms with Crippen molar-refractivity contribution in [1.82, 2.24) is 15.0 Å². The summed E-state index contributed by atoms with van der Waals surface area (Å²) in [7, 11) is 1.97. The van der Waals surface area contributed by atoms with E-state index in [1.54, 1.807) is 24.4 Å². The maximum Gasteiger partial charge on any atom is 0.165 e. The molecular weight excluding hydrogens is 372 g/mol. The lowest BCUT2D eigenvalue weighted by Gasteiger charge is -2.21. The molecular formula is C22H19ClN4O. The molecule has 0 saturated carbocycles. The van der Waals surface area contributed by atoms with Gasteiger partial charge in [0.05, 0.1) is 23.3 Å². The van der Waals surface area contributed by atoms with Gasteiger partial charge in [-0.3, -0.25) is 4.98 Å². The molecule has 0 bridgehead atoms. The number of pyridine rings is 1. The van der Waals surface area contributed by atoms with E-state index < -0.39 is 0 Å². The van der Waals surface area contributed by atoms with Gasteiger partial charge in [-0.1, -0.05) is 29.8 Å². The molecule has 140 valence electrons. The number of aromatic hydroxyl groups is 1. The van der Waals surface area contributed by atoms with Gasteiger partial charge >= 0.3 is 0 Å². The second-order valence-electron chi connectivity index (χ2n) is 6.67. The van der Waals surface area contributed by atoms with E-state index in [1.807, 2.05) is 55.3 Å². The molecule has 4 rings (SSSR count). The van der Waals surface area contributed by atoms with Crippen LogP contribution < -0.4 is 4.90 Å². The lowest BCUT2D eigenvalue weighted by Crippen LogP contribution is -2.20. The highest BCUT2D eigenvalue weighted by atomic mass is 35.5. The fraction of sp³-hybridized carbons (Fsp3) is 0.136. The maximum atomic E-state index is 10.3. The van der Waals surface area contributed by atoms with E-state index in [4.69, 9.17) is 16.6 Å². The standard InChI is InChI=1S/C22H19ClN4O/c1-14-6-5-11-24-19(14)13-27(2)22-16-10-9-15(23)12-18(16)25-21(26-22)17-7-3-4-8-20(17)28/h3-12,28H,13H2,1-2H3. The Morgan fingerprint density at radius 2 is 1.86 bits per heavy atom. The van der Waals surface area contributed by atoms with Gasteiger partial charge in [0.15, 0.2) is 5.82 Å². The molecule has 28 heavy (non-hydrogen) atoms. The van der Waals surface area contributed by atoms with Gasteiger partial charge in [0, 0.05) is 23.7 Å². The predicted molar refractivity (Wildman–Crippen MR) is 113 cm³/mol. The maximum absolute atomic E-state index is 10.3. The van der Waals surface area contributed by atoms with Crippen molar-refractivity contribution in [2.75, 3.05) is 11.9 Å². The summed E-state index contributed by atoms with van der Waals surface area (Å²) in [5, 5.41) is 11.8. The van der Waals surface area contributed by atoms with Crippen molar-refractivity contribution in [2.45, 2.75) is 13.5 Å².